The molecule has 110 valence electrons. The van der Waals surface area contributed by atoms with Crippen LogP contribution in [0.15, 0.2) is 24.4 Å². The van der Waals surface area contributed by atoms with Crippen molar-refractivity contribution >= 4 is 17.5 Å². The second kappa shape index (κ2) is 6.09. The third-order valence-electron chi connectivity index (χ3n) is 2.78. The number of rotatable bonds is 5. The number of nitrogens with zero attached hydrogens (tertiary/aromatic N) is 5. The molecule has 0 fully saturated rings. The first-order valence-corrected chi connectivity index (χ1v) is 6.13. The van der Waals surface area contributed by atoms with E-state index in [2.05, 4.69) is 20.4 Å². The maximum absolute atomic E-state index is 11.1. The van der Waals surface area contributed by atoms with E-state index in [4.69, 9.17) is 5.84 Å². The van der Waals surface area contributed by atoms with Crippen molar-refractivity contribution in [3.8, 4) is 0 Å². The summed E-state index contributed by atoms with van der Waals surface area (Å²) in [6.45, 7) is 2.26. The highest BCUT2D eigenvalue weighted by atomic mass is 16.6. The fourth-order valence-electron chi connectivity index (χ4n) is 1.85. The summed E-state index contributed by atoms with van der Waals surface area (Å²) in [6.07, 6.45) is 1.12. The third kappa shape index (κ3) is 3.39. The molecule has 21 heavy (non-hydrogen) atoms. The van der Waals surface area contributed by atoms with E-state index < -0.39 is 4.92 Å². The number of nitrogens with one attached hydrogen (secondary N) is 1. The van der Waals surface area contributed by atoms with Crippen LogP contribution in [0.3, 0.4) is 0 Å². The van der Waals surface area contributed by atoms with Gasteiger partial charge in [-0.15, -0.1) is 0 Å². The Labute approximate surface area is 121 Å². The molecule has 0 aliphatic rings. The zero-order chi connectivity index (χ0) is 15.4. The van der Waals surface area contributed by atoms with Crippen molar-refractivity contribution in [2.75, 3.05) is 17.4 Å². The fraction of sp³-hybridized carbons (Fsp3) is 0.250. The summed E-state index contributed by atoms with van der Waals surface area (Å²) >= 11 is 0. The summed E-state index contributed by atoms with van der Waals surface area (Å²) in [7, 11) is 1.69. The largest absolute Gasteiger partial charge is 0.348 e. The molecule has 9 nitrogen and oxygen atoms in total. The number of anilines is 2. The molecule has 2 aromatic rings. The van der Waals surface area contributed by atoms with Gasteiger partial charge in [0.05, 0.1) is 17.2 Å². The summed E-state index contributed by atoms with van der Waals surface area (Å²) in [5.41, 5.74) is 3.75. The Balaban J connectivity index is 2.33. The number of nitro groups is 1. The minimum absolute atomic E-state index is 0.111. The van der Waals surface area contributed by atoms with Gasteiger partial charge >= 0.3 is 5.69 Å². The summed E-state index contributed by atoms with van der Waals surface area (Å²) < 4.78 is 0. The third-order valence-corrected chi connectivity index (χ3v) is 2.78. The molecular formula is C12H15N7O2. The number of hydrogen-bond acceptors (Lipinski definition) is 8. The van der Waals surface area contributed by atoms with Gasteiger partial charge in [-0.3, -0.25) is 20.5 Å². The van der Waals surface area contributed by atoms with Crippen molar-refractivity contribution in [2.24, 2.45) is 5.84 Å². The molecule has 0 aliphatic carbocycles. The predicted molar refractivity (Wildman–Crippen MR) is 77.6 cm³/mol. The monoisotopic (exact) mass is 289 g/mol. The Morgan fingerprint density at radius 3 is 2.81 bits per heavy atom. The van der Waals surface area contributed by atoms with E-state index in [9.17, 15) is 10.1 Å². The number of aromatic nitrogens is 3. The minimum Gasteiger partial charge on any atom is -0.348 e. The van der Waals surface area contributed by atoms with E-state index in [0.717, 1.165) is 17.6 Å². The highest BCUT2D eigenvalue weighted by Gasteiger charge is 2.21. The molecule has 0 aromatic carbocycles. The molecule has 0 atom stereocenters. The smallest absolute Gasteiger partial charge is 0.329 e. The number of nitrogens with two attached hydrogens (primary N) is 1. The highest BCUT2D eigenvalue weighted by molar-refractivity contribution is 5.58. The van der Waals surface area contributed by atoms with E-state index >= 15 is 0 Å². The van der Waals surface area contributed by atoms with Gasteiger partial charge in [-0.2, -0.15) is 4.98 Å². The van der Waals surface area contributed by atoms with E-state index in [1.807, 2.05) is 25.1 Å². The van der Waals surface area contributed by atoms with Crippen molar-refractivity contribution in [1.29, 1.82) is 0 Å². The van der Waals surface area contributed by atoms with Gasteiger partial charge in [0.25, 0.3) is 0 Å². The number of hydrazine groups is 1. The summed E-state index contributed by atoms with van der Waals surface area (Å²) in [4.78, 5) is 24.3. The SMILES string of the molecule is Cc1cccc(CN(C)c2nc(NN)ncc2[N+](=O)[O-])n1. The predicted octanol–water partition coefficient (Wildman–Crippen LogP) is 1.01. The Morgan fingerprint density at radius 2 is 2.19 bits per heavy atom. The van der Waals surface area contributed by atoms with Crippen LogP contribution in [-0.2, 0) is 6.54 Å². The van der Waals surface area contributed by atoms with E-state index in [0.29, 0.717) is 6.54 Å². The van der Waals surface area contributed by atoms with Crippen LogP contribution in [0.1, 0.15) is 11.4 Å². The van der Waals surface area contributed by atoms with Gasteiger partial charge in [0.1, 0.15) is 6.20 Å². The van der Waals surface area contributed by atoms with Crippen molar-refractivity contribution in [1.82, 2.24) is 15.0 Å². The van der Waals surface area contributed by atoms with E-state index in [-0.39, 0.29) is 17.5 Å². The molecule has 9 heteroatoms. The number of hydrogen-bond donors (Lipinski definition) is 2. The van der Waals surface area contributed by atoms with Gasteiger partial charge in [0.15, 0.2) is 0 Å². The molecule has 3 N–H and O–H groups in total. The number of aryl methyl sites for hydroxylation is 1. The normalized spacial score (nSPS) is 10.2. The van der Waals surface area contributed by atoms with Crippen LogP contribution < -0.4 is 16.2 Å². The second-order valence-corrected chi connectivity index (χ2v) is 4.43. The zero-order valence-corrected chi connectivity index (χ0v) is 11.6. The van der Waals surface area contributed by atoms with Gasteiger partial charge in [0.2, 0.25) is 11.8 Å². The molecule has 2 aromatic heterocycles. The lowest BCUT2D eigenvalue weighted by Gasteiger charge is -2.18. The van der Waals surface area contributed by atoms with Gasteiger partial charge < -0.3 is 4.90 Å². The first-order chi connectivity index (χ1) is 10.0. The fourth-order valence-corrected chi connectivity index (χ4v) is 1.85. The molecule has 0 aliphatic heterocycles. The lowest BCUT2D eigenvalue weighted by Crippen LogP contribution is -2.21. The van der Waals surface area contributed by atoms with Crippen LogP contribution >= 0.6 is 0 Å². The highest BCUT2D eigenvalue weighted by Crippen LogP contribution is 2.25. The van der Waals surface area contributed by atoms with E-state index in [1.165, 1.54) is 0 Å². The standard InChI is InChI=1S/C12H15N7O2/c1-8-4-3-5-9(15-8)7-18(2)11-10(19(20)21)6-14-12(16-11)17-13/h3-6H,7,13H2,1-2H3,(H,14,16,17). The van der Waals surface area contributed by atoms with Gasteiger partial charge in [-0.1, -0.05) is 6.07 Å². The van der Waals surface area contributed by atoms with Gasteiger partial charge in [-0.25, -0.2) is 10.8 Å². The van der Waals surface area contributed by atoms with Crippen molar-refractivity contribution < 1.29 is 4.92 Å². The molecule has 0 saturated carbocycles. The van der Waals surface area contributed by atoms with Crippen molar-refractivity contribution in [3.05, 3.63) is 45.9 Å². The molecular weight excluding hydrogens is 274 g/mol. The first kappa shape index (κ1) is 14.6. The van der Waals surface area contributed by atoms with Gasteiger partial charge in [-0.05, 0) is 19.1 Å². The van der Waals surface area contributed by atoms with Crippen molar-refractivity contribution in [3.63, 3.8) is 0 Å². The lowest BCUT2D eigenvalue weighted by atomic mass is 10.3. The van der Waals surface area contributed by atoms with Crippen LogP contribution in [-0.4, -0.2) is 26.9 Å². The topological polar surface area (TPSA) is 123 Å². The van der Waals surface area contributed by atoms with Crippen LogP contribution in [0.4, 0.5) is 17.5 Å². The minimum atomic E-state index is -0.532. The van der Waals surface area contributed by atoms with Crippen LogP contribution in [0, 0.1) is 17.0 Å². The Hall–Kier alpha value is -2.81. The van der Waals surface area contributed by atoms with Gasteiger partial charge in [0, 0.05) is 12.7 Å². The summed E-state index contributed by atoms with van der Waals surface area (Å²) in [5.74, 6) is 5.53. The molecule has 0 radical (unpaired) electrons. The maximum Gasteiger partial charge on any atom is 0.329 e. The zero-order valence-electron chi connectivity index (χ0n) is 11.6. The maximum atomic E-state index is 11.1. The van der Waals surface area contributed by atoms with Crippen LogP contribution in [0.5, 0.6) is 0 Å². The van der Waals surface area contributed by atoms with Crippen LogP contribution in [0.25, 0.3) is 0 Å². The van der Waals surface area contributed by atoms with Crippen molar-refractivity contribution in [2.45, 2.75) is 13.5 Å². The first-order valence-electron chi connectivity index (χ1n) is 6.13. The molecule has 0 unspecified atom stereocenters. The molecule has 0 amide bonds. The quantitative estimate of drug-likeness (QED) is 0.475. The Morgan fingerprint density at radius 1 is 1.43 bits per heavy atom. The molecule has 0 bridgehead atoms. The Kier molecular flexibility index (Phi) is 4.24. The molecule has 0 spiro atoms. The molecule has 0 saturated heterocycles. The summed E-state index contributed by atoms with van der Waals surface area (Å²) in [6, 6.07) is 5.61. The lowest BCUT2D eigenvalue weighted by molar-refractivity contribution is -0.384. The van der Waals surface area contributed by atoms with E-state index in [1.54, 1.807) is 11.9 Å². The van der Waals surface area contributed by atoms with Crippen LogP contribution in [0.2, 0.25) is 0 Å². The summed E-state index contributed by atoms with van der Waals surface area (Å²) in [5, 5.41) is 11.1. The average Bonchev–Trinajstić information content (AvgIpc) is 2.46. The molecule has 2 rings (SSSR count). The number of nitrogen functional groups attached to an aromatic ring is 1. The average molecular weight is 289 g/mol. The second-order valence-electron chi connectivity index (χ2n) is 4.43. The number of pyridine rings is 1. The molecule has 2 heterocycles. The Bertz CT molecular complexity index is 662.